The van der Waals surface area contributed by atoms with Gasteiger partial charge in [-0.05, 0) is 12.1 Å². The van der Waals surface area contributed by atoms with E-state index in [2.05, 4.69) is 0 Å². The molecule has 116 valence electrons. The molecule has 1 N–H and O–H groups in total. The minimum absolute atomic E-state index is 0.130. The number of nitrogens with zero attached hydrogens (tertiary/aromatic N) is 1. The Morgan fingerprint density at radius 2 is 1.71 bits per heavy atom. The van der Waals surface area contributed by atoms with Crippen molar-refractivity contribution in [2.75, 3.05) is 27.3 Å². The molecule has 0 saturated carbocycles. The van der Waals surface area contributed by atoms with E-state index in [0.29, 0.717) is 0 Å². The molecule has 0 radical (unpaired) electrons. The SMILES string of the molecule is COC1CN(S(=O)(=O)c2ccccc2C(=O)O)CC1OC. The van der Waals surface area contributed by atoms with Crippen LogP contribution in [0.3, 0.4) is 0 Å². The smallest absolute Gasteiger partial charge is 0.337 e. The number of aromatic carboxylic acids is 1. The lowest BCUT2D eigenvalue weighted by atomic mass is 10.2. The van der Waals surface area contributed by atoms with E-state index < -0.39 is 16.0 Å². The molecule has 0 aromatic heterocycles. The van der Waals surface area contributed by atoms with Gasteiger partial charge in [-0.15, -0.1) is 0 Å². The van der Waals surface area contributed by atoms with E-state index >= 15 is 0 Å². The third kappa shape index (κ3) is 2.93. The summed E-state index contributed by atoms with van der Waals surface area (Å²) in [5.41, 5.74) is -0.243. The number of sulfonamides is 1. The van der Waals surface area contributed by atoms with Crippen molar-refractivity contribution in [3.8, 4) is 0 Å². The van der Waals surface area contributed by atoms with Gasteiger partial charge < -0.3 is 14.6 Å². The first-order chi connectivity index (χ1) is 9.91. The molecule has 21 heavy (non-hydrogen) atoms. The number of rotatable bonds is 5. The second-order valence-corrected chi connectivity index (χ2v) is 6.58. The van der Waals surface area contributed by atoms with Crippen molar-refractivity contribution in [2.24, 2.45) is 0 Å². The Kier molecular flexibility index (Phi) is 4.62. The monoisotopic (exact) mass is 315 g/mol. The Balaban J connectivity index is 2.38. The predicted molar refractivity (Wildman–Crippen MR) is 73.8 cm³/mol. The summed E-state index contributed by atoms with van der Waals surface area (Å²) in [5.74, 6) is -1.28. The van der Waals surface area contributed by atoms with E-state index in [1.807, 2.05) is 0 Å². The number of ether oxygens (including phenoxy) is 2. The van der Waals surface area contributed by atoms with Gasteiger partial charge in [-0.2, -0.15) is 4.31 Å². The van der Waals surface area contributed by atoms with Crippen LogP contribution in [-0.4, -0.2) is 63.3 Å². The quantitative estimate of drug-likeness (QED) is 0.846. The highest BCUT2D eigenvalue weighted by molar-refractivity contribution is 7.89. The third-order valence-corrected chi connectivity index (χ3v) is 5.41. The standard InChI is InChI=1S/C13H17NO6S/c1-19-10-7-14(8-11(10)20-2)21(17,18)12-6-4-3-5-9(12)13(15)16/h3-6,10-11H,7-8H2,1-2H3,(H,15,16). The first-order valence-electron chi connectivity index (χ1n) is 6.30. The molecule has 0 aliphatic carbocycles. The van der Waals surface area contributed by atoms with E-state index in [1.54, 1.807) is 0 Å². The molecule has 1 aliphatic rings. The van der Waals surface area contributed by atoms with Crippen LogP contribution in [0, 0.1) is 0 Å². The summed E-state index contributed by atoms with van der Waals surface area (Å²) in [7, 11) is -0.940. The van der Waals surface area contributed by atoms with Crippen LogP contribution in [0.15, 0.2) is 29.2 Å². The molecule has 0 amide bonds. The zero-order valence-electron chi connectivity index (χ0n) is 11.7. The lowest BCUT2D eigenvalue weighted by Gasteiger charge is -2.17. The van der Waals surface area contributed by atoms with Crippen LogP contribution in [0.2, 0.25) is 0 Å². The van der Waals surface area contributed by atoms with Crippen LogP contribution in [0.25, 0.3) is 0 Å². The third-order valence-electron chi connectivity index (χ3n) is 3.52. The summed E-state index contributed by atoms with van der Waals surface area (Å²) < 4.78 is 36.9. The Morgan fingerprint density at radius 3 is 2.19 bits per heavy atom. The largest absolute Gasteiger partial charge is 0.478 e. The van der Waals surface area contributed by atoms with Crippen LogP contribution < -0.4 is 0 Å². The van der Waals surface area contributed by atoms with Gasteiger partial charge in [0.2, 0.25) is 10.0 Å². The summed E-state index contributed by atoms with van der Waals surface area (Å²) in [6.45, 7) is 0.261. The van der Waals surface area contributed by atoms with E-state index in [-0.39, 0.29) is 35.8 Å². The maximum absolute atomic E-state index is 12.6. The molecule has 1 saturated heterocycles. The van der Waals surface area contributed by atoms with Gasteiger partial charge in [0.05, 0.1) is 22.7 Å². The van der Waals surface area contributed by atoms with Gasteiger partial charge in [0.15, 0.2) is 0 Å². The van der Waals surface area contributed by atoms with E-state index in [0.717, 1.165) is 0 Å². The van der Waals surface area contributed by atoms with Crippen LogP contribution in [0.1, 0.15) is 10.4 Å². The summed E-state index contributed by atoms with van der Waals surface area (Å²) in [6, 6.07) is 5.55. The number of methoxy groups -OCH3 is 2. The minimum atomic E-state index is -3.91. The highest BCUT2D eigenvalue weighted by atomic mass is 32.2. The lowest BCUT2D eigenvalue weighted by Crippen LogP contribution is -2.31. The first kappa shape index (κ1) is 15.9. The topological polar surface area (TPSA) is 93.1 Å². The molecular formula is C13H17NO6S. The number of carboxylic acid groups (broad SMARTS) is 1. The second kappa shape index (κ2) is 6.10. The maximum atomic E-state index is 12.6. The summed E-state index contributed by atoms with van der Waals surface area (Å²) in [4.78, 5) is 11.0. The first-order valence-corrected chi connectivity index (χ1v) is 7.74. The fourth-order valence-corrected chi connectivity index (χ4v) is 4.02. The van der Waals surface area contributed by atoms with Crippen molar-refractivity contribution >= 4 is 16.0 Å². The molecule has 1 fully saturated rings. The molecule has 2 unspecified atom stereocenters. The summed E-state index contributed by atoms with van der Waals surface area (Å²) >= 11 is 0. The zero-order valence-corrected chi connectivity index (χ0v) is 12.5. The molecule has 1 heterocycles. The molecular weight excluding hydrogens is 298 g/mol. The van der Waals surface area contributed by atoms with Crippen molar-refractivity contribution in [1.82, 2.24) is 4.31 Å². The van der Waals surface area contributed by atoms with Crippen molar-refractivity contribution in [1.29, 1.82) is 0 Å². The molecule has 2 rings (SSSR count). The fraction of sp³-hybridized carbons (Fsp3) is 0.462. The van der Waals surface area contributed by atoms with Gasteiger partial charge in [0.1, 0.15) is 0 Å². The Hall–Kier alpha value is -1.48. The number of benzene rings is 1. The van der Waals surface area contributed by atoms with Gasteiger partial charge in [0.25, 0.3) is 0 Å². The molecule has 0 bridgehead atoms. The number of carboxylic acids is 1. The van der Waals surface area contributed by atoms with E-state index in [1.165, 1.54) is 42.8 Å². The van der Waals surface area contributed by atoms with Crippen molar-refractivity contribution < 1.29 is 27.8 Å². The zero-order chi connectivity index (χ0) is 15.6. The number of carbonyl (C=O) groups is 1. The summed E-state index contributed by atoms with van der Waals surface area (Å²) in [6.07, 6.45) is -0.747. The Labute approximate surface area is 123 Å². The number of hydrogen-bond acceptors (Lipinski definition) is 5. The van der Waals surface area contributed by atoms with E-state index in [9.17, 15) is 13.2 Å². The highest BCUT2D eigenvalue weighted by Gasteiger charge is 2.40. The summed E-state index contributed by atoms with van der Waals surface area (Å²) in [5, 5.41) is 9.14. The van der Waals surface area contributed by atoms with Gasteiger partial charge in [-0.1, -0.05) is 12.1 Å². The Bertz CT molecular complexity index is 617. The van der Waals surface area contributed by atoms with Crippen molar-refractivity contribution in [3.63, 3.8) is 0 Å². The van der Waals surface area contributed by atoms with Gasteiger partial charge in [-0.3, -0.25) is 0 Å². The highest BCUT2D eigenvalue weighted by Crippen LogP contribution is 2.26. The van der Waals surface area contributed by atoms with E-state index in [4.69, 9.17) is 14.6 Å². The fourth-order valence-electron chi connectivity index (χ4n) is 2.37. The molecule has 1 aromatic carbocycles. The van der Waals surface area contributed by atoms with Crippen LogP contribution >= 0.6 is 0 Å². The molecule has 1 aromatic rings. The molecule has 1 aliphatic heterocycles. The van der Waals surface area contributed by atoms with Gasteiger partial charge in [0, 0.05) is 27.3 Å². The van der Waals surface area contributed by atoms with Crippen molar-refractivity contribution in [2.45, 2.75) is 17.1 Å². The van der Waals surface area contributed by atoms with Crippen LogP contribution in [-0.2, 0) is 19.5 Å². The molecule has 8 heteroatoms. The normalized spacial score (nSPS) is 23.3. The molecule has 0 spiro atoms. The molecule has 2 atom stereocenters. The average molecular weight is 315 g/mol. The molecule has 7 nitrogen and oxygen atoms in total. The maximum Gasteiger partial charge on any atom is 0.337 e. The van der Waals surface area contributed by atoms with Crippen LogP contribution in [0.5, 0.6) is 0 Å². The minimum Gasteiger partial charge on any atom is -0.478 e. The second-order valence-electron chi connectivity index (χ2n) is 4.67. The predicted octanol–water partition coefficient (Wildman–Crippen LogP) is 0.419. The average Bonchev–Trinajstić information content (AvgIpc) is 2.91. The van der Waals surface area contributed by atoms with Gasteiger partial charge in [-0.25, -0.2) is 13.2 Å². The van der Waals surface area contributed by atoms with Gasteiger partial charge >= 0.3 is 5.97 Å². The Morgan fingerprint density at radius 1 is 1.19 bits per heavy atom. The lowest BCUT2D eigenvalue weighted by molar-refractivity contribution is -0.00461. The number of hydrogen-bond donors (Lipinski definition) is 1. The van der Waals surface area contributed by atoms with Crippen LogP contribution in [0.4, 0.5) is 0 Å². The van der Waals surface area contributed by atoms with Crippen molar-refractivity contribution in [3.05, 3.63) is 29.8 Å².